The van der Waals surface area contributed by atoms with E-state index in [9.17, 15) is 14.0 Å². The molecule has 35 heavy (non-hydrogen) atoms. The van der Waals surface area contributed by atoms with E-state index in [1.807, 2.05) is 0 Å². The molecule has 1 aliphatic carbocycles. The first-order chi connectivity index (χ1) is 17.0. The molecule has 2 N–H and O–H groups in total. The molecule has 3 aromatic carbocycles. The number of para-hydroxylation sites is 2. The molecule has 1 fully saturated rings. The third-order valence-electron chi connectivity index (χ3n) is 6.05. The molecule has 0 saturated heterocycles. The summed E-state index contributed by atoms with van der Waals surface area (Å²) in [7, 11) is 0. The van der Waals surface area contributed by atoms with E-state index in [0.29, 0.717) is 17.2 Å². The van der Waals surface area contributed by atoms with Gasteiger partial charge in [0.15, 0.2) is 18.1 Å². The van der Waals surface area contributed by atoms with Crippen molar-refractivity contribution in [3.05, 3.63) is 78.1 Å². The number of halogens is 1. The van der Waals surface area contributed by atoms with Crippen molar-refractivity contribution in [2.75, 3.05) is 17.2 Å². The standard InChI is InChI=1S/C27H25FN2O5/c28-20-9-3-4-10-21(20)30-25(31)17-33-22-11-5-2-8-19(22)26(32)29-18-12-13-23-24(16-18)35-27(34-23)14-6-1-7-15-27/h2-5,8-13,16H,1,6-7,14-15,17H2,(H,29,32)(H,30,31). The molecular weight excluding hydrogens is 451 g/mol. The van der Waals surface area contributed by atoms with Gasteiger partial charge in [-0.25, -0.2) is 4.39 Å². The maximum absolute atomic E-state index is 13.8. The minimum atomic E-state index is -0.590. The van der Waals surface area contributed by atoms with Crippen LogP contribution in [-0.4, -0.2) is 24.2 Å². The SMILES string of the molecule is O=C(COc1ccccc1C(=O)Nc1ccc2c(c1)OC1(CCCCC1)O2)Nc1ccccc1F. The number of carbonyl (C=O) groups excluding carboxylic acids is 2. The van der Waals surface area contributed by atoms with E-state index in [-0.39, 0.29) is 23.6 Å². The molecular formula is C27H25FN2O5. The molecule has 0 unspecified atom stereocenters. The van der Waals surface area contributed by atoms with Crippen molar-refractivity contribution < 1.29 is 28.2 Å². The normalized spacial score (nSPS) is 15.5. The summed E-state index contributed by atoms with van der Waals surface area (Å²) in [6.45, 7) is -0.384. The van der Waals surface area contributed by atoms with Gasteiger partial charge in [-0.15, -0.1) is 0 Å². The number of hydrogen-bond donors (Lipinski definition) is 2. The molecule has 8 heteroatoms. The van der Waals surface area contributed by atoms with Gasteiger partial charge in [-0.05, 0) is 49.2 Å². The van der Waals surface area contributed by atoms with Gasteiger partial charge in [0.2, 0.25) is 0 Å². The first-order valence-electron chi connectivity index (χ1n) is 11.6. The molecule has 0 bridgehead atoms. The average Bonchev–Trinajstić information content (AvgIpc) is 3.21. The van der Waals surface area contributed by atoms with Crippen LogP contribution in [0.5, 0.6) is 17.2 Å². The van der Waals surface area contributed by atoms with E-state index in [1.165, 1.54) is 24.6 Å². The monoisotopic (exact) mass is 476 g/mol. The smallest absolute Gasteiger partial charge is 0.262 e. The zero-order valence-corrected chi connectivity index (χ0v) is 19.0. The highest BCUT2D eigenvalue weighted by Crippen LogP contribution is 2.46. The van der Waals surface area contributed by atoms with E-state index in [2.05, 4.69) is 10.6 Å². The van der Waals surface area contributed by atoms with Crippen LogP contribution in [0.3, 0.4) is 0 Å². The highest BCUT2D eigenvalue weighted by molar-refractivity contribution is 6.06. The molecule has 1 saturated carbocycles. The Morgan fingerprint density at radius 2 is 1.63 bits per heavy atom. The lowest BCUT2D eigenvalue weighted by Gasteiger charge is -2.31. The summed E-state index contributed by atoms with van der Waals surface area (Å²) in [5.74, 6) is -0.561. The lowest BCUT2D eigenvalue weighted by Crippen LogP contribution is -2.40. The van der Waals surface area contributed by atoms with Crippen molar-refractivity contribution >= 4 is 23.2 Å². The van der Waals surface area contributed by atoms with Gasteiger partial charge in [0, 0.05) is 24.6 Å². The van der Waals surface area contributed by atoms with Crippen LogP contribution in [0, 0.1) is 5.82 Å². The summed E-state index contributed by atoms with van der Waals surface area (Å²) in [4.78, 5) is 25.2. The van der Waals surface area contributed by atoms with Crippen LogP contribution in [0.25, 0.3) is 0 Å². The fraction of sp³-hybridized carbons (Fsp3) is 0.259. The second-order valence-electron chi connectivity index (χ2n) is 8.60. The van der Waals surface area contributed by atoms with Crippen molar-refractivity contribution in [1.29, 1.82) is 0 Å². The lowest BCUT2D eigenvalue weighted by molar-refractivity contribution is -0.118. The fourth-order valence-corrected chi connectivity index (χ4v) is 4.34. The van der Waals surface area contributed by atoms with Crippen molar-refractivity contribution in [1.82, 2.24) is 0 Å². The third-order valence-corrected chi connectivity index (χ3v) is 6.05. The molecule has 1 spiro atoms. The molecule has 2 amide bonds. The number of rotatable bonds is 6. The molecule has 1 aliphatic heterocycles. The number of amides is 2. The Kier molecular flexibility index (Phi) is 6.27. The van der Waals surface area contributed by atoms with E-state index in [4.69, 9.17) is 14.2 Å². The summed E-state index contributed by atoms with van der Waals surface area (Å²) < 4.78 is 31.6. The Bertz CT molecular complexity index is 1260. The van der Waals surface area contributed by atoms with Crippen LogP contribution in [0.2, 0.25) is 0 Å². The van der Waals surface area contributed by atoms with E-state index >= 15 is 0 Å². The summed E-state index contributed by atoms with van der Waals surface area (Å²) in [6, 6.07) is 17.8. The first-order valence-corrected chi connectivity index (χ1v) is 11.6. The summed E-state index contributed by atoms with van der Waals surface area (Å²) in [5, 5.41) is 5.30. The van der Waals surface area contributed by atoms with E-state index in [0.717, 1.165) is 25.7 Å². The molecule has 5 rings (SSSR count). The Morgan fingerprint density at radius 1 is 0.886 bits per heavy atom. The number of ether oxygens (including phenoxy) is 3. The molecule has 7 nitrogen and oxygen atoms in total. The number of carbonyl (C=O) groups is 2. The summed E-state index contributed by atoms with van der Waals surface area (Å²) in [5.41, 5.74) is 0.870. The highest BCUT2D eigenvalue weighted by Gasteiger charge is 2.42. The zero-order chi connectivity index (χ0) is 24.3. The number of anilines is 2. The summed E-state index contributed by atoms with van der Waals surface area (Å²) in [6.07, 6.45) is 4.99. The van der Waals surface area contributed by atoms with Gasteiger partial charge in [-0.1, -0.05) is 30.7 Å². The molecule has 180 valence electrons. The predicted molar refractivity (Wildman–Crippen MR) is 128 cm³/mol. The first kappa shape index (κ1) is 22.7. The van der Waals surface area contributed by atoms with E-state index < -0.39 is 23.4 Å². The molecule has 1 heterocycles. The maximum Gasteiger partial charge on any atom is 0.262 e. The second kappa shape index (κ2) is 9.66. The maximum atomic E-state index is 13.8. The van der Waals surface area contributed by atoms with Crippen molar-refractivity contribution in [2.24, 2.45) is 0 Å². The van der Waals surface area contributed by atoms with Crippen molar-refractivity contribution in [2.45, 2.75) is 37.9 Å². The van der Waals surface area contributed by atoms with Crippen LogP contribution >= 0.6 is 0 Å². The molecule has 0 radical (unpaired) electrons. The quantitative estimate of drug-likeness (QED) is 0.489. The van der Waals surface area contributed by atoms with Gasteiger partial charge in [0.25, 0.3) is 17.6 Å². The number of fused-ring (bicyclic) bond motifs is 1. The molecule has 0 aromatic heterocycles. The van der Waals surface area contributed by atoms with Gasteiger partial charge < -0.3 is 24.8 Å². The average molecular weight is 477 g/mol. The van der Waals surface area contributed by atoms with Crippen molar-refractivity contribution in [3.8, 4) is 17.2 Å². The Hall–Kier alpha value is -4.07. The second-order valence-corrected chi connectivity index (χ2v) is 8.60. The predicted octanol–water partition coefficient (Wildman–Crippen LogP) is 5.53. The number of hydrogen-bond acceptors (Lipinski definition) is 5. The van der Waals surface area contributed by atoms with Crippen LogP contribution in [0.1, 0.15) is 42.5 Å². The van der Waals surface area contributed by atoms with Gasteiger partial charge >= 0.3 is 0 Å². The minimum Gasteiger partial charge on any atom is -0.483 e. The topological polar surface area (TPSA) is 85.9 Å². The van der Waals surface area contributed by atoms with Crippen LogP contribution in [0.4, 0.5) is 15.8 Å². The molecule has 3 aromatic rings. The number of benzene rings is 3. The number of nitrogens with one attached hydrogen (secondary N) is 2. The van der Waals surface area contributed by atoms with Crippen LogP contribution in [-0.2, 0) is 4.79 Å². The van der Waals surface area contributed by atoms with Gasteiger partial charge in [-0.2, -0.15) is 0 Å². The summed E-state index contributed by atoms with van der Waals surface area (Å²) >= 11 is 0. The van der Waals surface area contributed by atoms with Gasteiger partial charge in [-0.3, -0.25) is 9.59 Å². The Morgan fingerprint density at radius 3 is 2.46 bits per heavy atom. The Labute approximate surface area is 202 Å². The molecule has 2 aliphatic rings. The molecule has 0 atom stereocenters. The fourth-order valence-electron chi connectivity index (χ4n) is 4.34. The van der Waals surface area contributed by atoms with Gasteiger partial charge in [0.1, 0.15) is 11.6 Å². The minimum absolute atomic E-state index is 0.0601. The van der Waals surface area contributed by atoms with Crippen molar-refractivity contribution in [3.63, 3.8) is 0 Å². The largest absolute Gasteiger partial charge is 0.483 e. The van der Waals surface area contributed by atoms with Gasteiger partial charge in [0.05, 0.1) is 11.3 Å². The third kappa shape index (κ3) is 5.06. The zero-order valence-electron chi connectivity index (χ0n) is 19.0. The van der Waals surface area contributed by atoms with Crippen LogP contribution < -0.4 is 24.8 Å². The van der Waals surface area contributed by atoms with E-state index in [1.54, 1.807) is 48.5 Å². The highest BCUT2D eigenvalue weighted by atomic mass is 19.1. The van der Waals surface area contributed by atoms with Crippen LogP contribution in [0.15, 0.2) is 66.7 Å². The lowest BCUT2D eigenvalue weighted by atomic mass is 9.94. The Balaban J connectivity index is 1.23.